The largest absolute Gasteiger partial charge is 0.480 e. The number of urea groups is 1. The molecule has 0 aromatic heterocycles. The molecule has 6 heteroatoms. The van der Waals surface area contributed by atoms with E-state index in [0.717, 1.165) is 25.7 Å². The van der Waals surface area contributed by atoms with E-state index < -0.39 is 12.0 Å². The zero-order chi connectivity index (χ0) is 14.4. The molecule has 2 amide bonds. The molecule has 1 rings (SSSR count). The lowest BCUT2D eigenvalue weighted by Gasteiger charge is -2.28. The van der Waals surface area contributed by atoms with Gasteiger partial charge in [0.2, 0.25) is 0 Å². The number of nitrogens with one attached hydrogen (secondary N) is 2. The van der Waals surface area contributed by atoms with Crippen molar-refractivity contribution in [3.63, 3.8) is 0 Å². The number of rotatable bonds is 5. The highest BCUT2D eigenvalue weighted by Gasteiger charge is 2.26. The smallest absolute Gasteiger partial charge is 0.326 e. The van der Waals surface area contributed by atoms with Gasteiger partial charge in [0.15, 0.2) is 0 Å². The number of thioether (sulfide) groups is 1. The van der Waals surface area contributed by atoms with Gasteiger partial charge in [-0.3, -0.25) is 0 Å². The fourth-order valence-electron chi connectivity index (χ4n) is 2.32. The van der Waals surface area contributed by atoms with E-state index in [1.165, 1.54) is 0 Å². The first kappa shape index (κ1) is 16.1. The number of hydrogen-bond acceptors (Lipinski definition) is 3. The molecule has 1 aliphatic rings. The summed E-state index contributed by atoms with van der Waals surface area (Å²) in [4.78, 5) is 22.8. The van der Waals surface area contributed by atoms with Gasteiger partial charge in [0, 0.05) is 11.3 Å². The van der Waals surface area contributed by atoms with Gasteiger partial charge >= 0.3 is 12.0 Å². The van der Waals surface area contributed by atoms with E-state index in [1.54, 1.807) is 13.8 Å². The van der Waals surface area contributed by atoms with Gasteiger partial charge in [0.05, 0.1) is 0 Å². The molecule has 0 radical (unpaired) electrons. The van der Waals surface area contributed by atoms with Crippen LogP contribution in [0.15, 0.2) is 0 Å². The van der Waals surface area contributed by atoms with E-state index in [-0.39, 0.29) is 18.0 Å². The average Bonchev–Trinajstić information content (AvgIpc) is 2.36. The molecule has 3 N–H and O–H groups in total. The maximum atomic E-state index is 11.8. The summed E-state index contributed by atoms with van der Waals surface area (Å²) in [6.45, 7) is 3.56. The lowest BCUT2D eigenvalue weighted by molar-refractivity contribution is -0.140. The van der Waals surface area contributed by atoms with Gasteiger partial charge in [-0.15, -0.1) is 0 Å². The molecule has 0 aromatic carbocycles. The van der Waals surface area contributed by atoms with Gasteiger partial charge in [-0.1, -0.05) is 13.8 Å². The third kappa shape index (κ3) is 5.30. The highest BCUT2D eigenvalue weighted by Crippen LogP contribution is 2.26. The molecule has 19 heavy (non-hydrogen) atoms. The second-order valence-corrected chi connectivity index (χ2v) is 6.53. The summed E-state index contributed by atoms with van der Waals surface area (Å²) in [5.74, 6) is -1.12. The van der Waals surface area contributed by atoms with Gasteiger partial charge in [-0.05, 0) is 37.9 Å². The average molecular weight is 288 g/mol. The second kappa shape index (κ2) is 7.62. The standard InChI is InChI=1S/C13H24N2O3S/c1-8(2)11(12(16)17)15-13(18)14-9-4-6-10(19-3)7-5-9/h8-11H,4-7H2,1-3H3,(H,16,17)(H2,14,15,18). The molecule has 0 bridgehead atoms. The van der Waals surface area contributed by atoms with Crippen LogP contribution >= 0.6 is 11.8 Å². The van der Waals surface area contributed by atoms with Crippen molar-refractivity contribution >= 4 is 23.8 Å². The monoisotopic (exact) mass is 288 g/mol. The Morgan fingerprint density at radius 1 is 1.21 bits per heavy atom. The number of carbonyl (C=O) groups is 2. The summed E-state index contributed by atoms with van der Waals surface area (Å²) >= 11 is 1.88. The minimum absolute atomic E-state index is 0.129. The van der Waals surface area contributed by atoms with Crippen molar-refractivity contribution in [2.45, 2.75) is 56.9 Å². The van der Waals surface area contributed by atoms with E-state index in [4.69, 9.17) is 5.11 Å². The van der Waals surface area contributed by atoms with Gasteiger partial charge in [-0.25, -0.2) is 9.59 Å². The fraction of sp³-hybridized carbons (Fsp3) is 0.846. The van der Waals surface area contributed by atoms with Crippen molar-refractivity contribution in [3.05, 3.63) is 0 Å². The Labute approximate surface area is 118 Å². The van der Waals surface area contributed by atoms with Gasteiger partial charge in [0.25, 0.3) is 0 Å². The summed E-state index contributed by atoms with van der Waals surface area (Å²) in [6.07, 6.45) is 6.28. The van der Waals surface area contributed by atoms with Gasteiger partial charge in [0.1, 0.15) is 6.04 Å². The van der Waals surface area contributed by atoms with Crippen molar-refractivity contribution in [3.8, 4) is 0 Å². The van der Waals surface area contributed by atoms with E-state index in [2.05, 4.69) is 16.9 Å². The predicted molar refractivity (Wildman–Crippen MR) is 77.5 cm³/mol. The Morgan fingerprint density at radius 2 is 1.79 bits per heavy atom. The Morgan fingerprint density at radius 3 is 2.21 bits per heavy atom. The van der Waals surface area contributed by atoms with E-state index >= 15 is 0 Å². The lowest BCUT2D eigenvalue weighted by Crippen LogP contribution is -2.51. The normalized spacial score (nSPS) is 24.8. The van der Waals surface area contributed by atoms with Crippen LogP contribution in [0, 0.1) is 5.92 Å². The molecular formula is C13H24N2O3S. The zero-order valence-corrected chi connectivity index (χ0v) is 12.6. The molecule has 0 aliphatic heterocycles. The Hall–Kier alpha value is -0.910. The zero-order valence-electron chi connectivity index (χ0n) is 11.8. The predicted octanol–water partition coefficient (Wildman–Crippen LogP) is 2.07. The van der Waals surface area contributed by atoms with E-state index in [0.29, 0.717) is 5.25 Å². The van der Waals surface area contributed by atoms with Crippen LogP contribution in [0.25, 0.3) is 0 Å². The second-order valence-electron chi connectivity index (χ2n) is 5.39. The molecule has 1 unspecified atom stereocenters. The van der Waals surface area contributed by atoms with Crippen LogP contribution in [-0.4, -0.2) is 40.7 Å². The van der Waals surface area contributed by atoms with Crippen molar-refractivity contribution in [1.82, 2.24) is 10.6 Å². The summed E-state index contributed by atoms with van der Waals surface area (Å²) in [5.41, 5.74) is 0. The first-order valence-electron chi connectivity index (χ1n) is 6.76. The van der Waals surface area contributed by atoms with Crippen LogP contribution in [0.2, 0.25) is 0 Å². The third-order valence-electron chi connectivity index (χ3n) is 3.56. The summed E-state index contributed by atoms with van der Waals surface area (Å²) in [6, 6.07) is -1.03. The van der Waals surface area contributed by atoms with Crippen molar-refractivity contribution in [2.24, 2.45) is 5.92 Å². The van der Waals surface area contributed by atoms with Gasteiger partial charge in [-0.2, -0.15) is 11.8 Å². The molecule has 110 valence electrons. The number of carbonyl (C=O) groups excluding carboxylic acids is 1. The molecule has 0 saturated heterocycles. The minimum Gasteiger partial charge on any atom is -0.480 e. The molecule has 1 aliphatic carbocycles. The summed E-state index contributed by atoms with van der Waals surface area (Å²) in [5, 5.41) is 15.1. The van der Waals surface area contributed by atoms with Crippen molar-refractivity contribution in [1.29, 1.82) is 0 Å². The Bertz CT molecular complexity index is 315. The third-order valence-corrected chi connectivity index (χ3v) is 4.70. The summed E-state index contributed by atoms with van der Waals surface area (Å²) in [7, 11) is 0. The first-order valence-corrected chi connectivity index (χ1v) is 8.05. The minimum atomic E-state index is -0.990. The molecule has 1 saturated carbocycles. The number of aliphatic carboxylic acids is 1. The van der Waals surface area contributed by atoms with Crippen LogP contribution in [0.1, 0.15) is 39.5 Å². The topological polar surface area (TPSA) is 78.4 Å². The highest BCUT2D eigenvalue weighted by molar-refractivity contribution is 7.99. The van der Waals surface area contributed by atoms with Crippen LogP contribution < -0.4 is 10.6 Å². The molecule has 0 spiro atoms. The number of amides is 2. The van der Waals surface area contributed by atoms with E-state index in [1.807, 2.05) is 11.8 Å². The van der Waals surface area contributed by atoms with Crippen LogP contribution in [-0.2, 0) is 4.79 Å². The molecule has 1 atom stereocenters. The molecule has 1 fully saturated rings. The molecule has 0 heterocycles. The maximum absolute atomic E-state index is 11.8. The number of carboxylic acids is 1. The SMILES string of the molecule is CSC1CCC(NC(=O)NC(C(=O)O)C(C)C)CC1. The van der Waals surface area contributed by atoms with Crippen LogP contribution in [0.4, 0.5) is 4.79 Å². The van der Waals surface area contributed by atoms with Crippen molar-refractivity contribution < 1.29 is 14.7 Å². The maximum Gasteiger partial charge on any atom is 0.326 e. The number of carboxylic acid groups (broad SMARTS) is 1. The molecule has 5 nitrogen and oxygen atoms in total. The Kier molecular flexibility index (Phi) is 6.48. The fourth-order valence-corrected chi connectivity index (χ4v) is 3.07. The van der Waals surface area contributed by atoms with Crippen LogP contribution in [0.3, 0.4) is 0 Å². The quantitative estimate of drug-likeness (QED) is 0.723. The summed E-state index contributed by atoms with van der Waals surface area (Å²) < 4.78 is 0. The number of hydrogen-bond donors (Lipinski definition) is 3. The molecular weight excluding hydrogens is 264 g/mol. The highest BCUT2D eigenvalue weighted by atomic mass is 32.2. The first-order chi connectivity index (χ1) is 8.93. The Balaban J connectivity index is 2.37. The van der Waals surface area contributed by atoms with Crippen molar-refractivity contribution in [2.75, 3.05) is 6.26 Å². The van der Waals surface area contributed by atoms with Crippen LogP contribution in [0.5, 0.6) is 0 Å². The molecule has 0 aromatic rings. The lowest BCUT2D eigenvalue weighted by atomic mass is 9.95. The van der Waals surface area contributed by atoms with E-state index in [9.17, 15) is 9.59 Å². The van der Waals surface area contributed by atoms with Gasteiger partial charge < -0.3 is 15.7 Å².